The maximum atomic E-state index is 6.03. The normalized spacial score (nSPS) is 21.1. The van der Waals surface area contributed by atoms with E-state index in [1.54, 1.807) is 56.9 Å². The van der Waals surface area contributed by atoms with Gasteiger partial charge in [0.15, 0.2) is 0 Å². The number of pyridine rings is 2. The molecule has 138 heavy (non-hydrogen) atoms. The Labute approximate surface area is 852 Å². The smallest absolute Gasteiger partial charge is 0.140 e. The number of hydrogen-bond acceptors (Lipinski definition) is 14. The van der Waals surface area contributed by atoms with Gasteiger partial charge < -0.3 is 23.7 Å². The predicted molar refractivity (Wildman–Crippen MR) is 586 cm³/mol. The molecule has 12 atom stereocenters. The number of hydrogen-bond donors (Lipinski definition) is 1. The number of aryl methyl sites for hydroxylation is 6. The third-order valence-corrected chi connectivity index (χ3v) is 33.5. The third kappa shape index (κ3) is 29.1. The van der Waals surface area contributed by atoms with Crippen LogP contribution in [0.5, 0.6) is 28.7 Å². The van der Waals surface area contributed by atoms with E-state index in [1.165, 1.54) is 119 Å². The van der Waals surface area contributed by atoms with Gasteiger partial charge in [-0.3, -0.25) is 15.0 Å². The zero-order valence-corrected chi connectivity index (χ0v) is 92.8. The minimum absolute atomic E-state index is 0.280. The molecule has 0 bridgehead atoms. The second-order valence-electron chi connectivity index (χ2n) is 47.8. The van der Waals surface area contributed by atoms with Gasteiger partial charge in [0.05, 0.1) is 21.6 Å². The molecule has 6 aromatic carbocycles. The van der Waals surface area contributed by atoms with Crippen molar-refractivity contribution in [2.24, 2.45) is 105 Å². The fourth-order valence-corrected chi connectivity index (χ4v) is 26.5. The van der Waals surface area contributed by atoms with Gasteiger partial charge in [-0.25, -0.2) is 9.97 Å². The summed E-state index contributed by atoms with van der Waals surface area (Å²) in [5, 5.41) is 5.06. The molecular formula is C124H171N5O5S4. The second kappa shape index (κ2) is 49.2. The van der Waals surface area contributed by atoms with E-state index < -0.39 is 0 Å². The van der Waals surface area contributed by atoms with Crippen LogP contribution in [0.3, 0.4) is 0 Å². The molecule has 0 amide bonds. The summed E-state index contributed by atoms with van der Waals surface area (Å²) in [6.45, 7) is 69.5. The van der Waals surface area contributed by atoms with Gasteiger partial charge >= 0.3 is 0 Å². The highest BCUT2D eigenvalue weighted by atomic mass is 32.1. The molecule has 6 aliphatic carbocycles. The second-order valence-corrected chi connectivity index (χ2v) is 51.0. The van der Waals surface area contributed by atoms with Gasteiger partial charge in [0, 0.05) is 58.4 Å². The van der Waals surface area contributed by atoms with E-state index in [-0.39, 0.29) is 16.2 Å². The van der Waals surface area contributed by atoms with Crippen molar-refractivity contribution in [3.8, 4) is 28.7 Å². The number of fused-ring (bicyclic) bond motifs is 6. The summed E-state index contributed by atoms with van der Waals surface area (Å²) in [6.07, 6.45) is 25.8. The van der Waals surface area contributed by atoms with Crippen molar-refractivity contribution in [2.45, 2.75) is 344 Å². The summed E-state index contributed by atoms with van der Waals surface area (Å²) < 4.78 is 29.9. The molecule has 11 aromatic rings. The highest BCUT2D eigenvalue weighted by Gasteiger charge is 2.44. The van der Waals surface area contributed by atoms with Crippen molar-refractivity contribution in [1.82, 2.24) is 24.9 Å². The summed E-state index contributed by atoms with van der Waals surface area (Å²) in [6, 6.07) is 48.4. The van der Waals surface area contributed by atoms with Crippen LogP contribution >= 0.6 is 46.6 Å². The van der Waals surface area contributed by atoms with Crippen molar-refractivity contribution in [3.05, 3.63) is 286 Å². The van der Waals surface area contributed by atoms with E-state index in [4.69, 9.17) is 23.7 Å². The van der Waals surface area contributed by atoms with E-state index in [1.807, 2.05) is 77.0 Å². The van der Waals surface area contributed by atoms with Gasteiger partial charge in [0.25, 0.3) is 0 Å². The molecule has 10 nitrogen and oxygen atoms in total. The lowest BCUT2D eigenvalue weighted by atomic mass is 9.61. The number of nitrogens with zero attached hydrogens (tertiary/aromatic N) is 5. The van der Waals surface area contributed by atoms with Crippen LogP contribution in [0, 0.1) is 105 Å². The SMILES string of the molecule is CC(C)C1CCc2cc(OCc3cccnc3)ccc2C1C(C)(C)C.CC(C)C1CCc2cc(OCc3ccncc3)ccc2C1C(C)(C)C.CC(C)C1CCc2cc(OCc3cncs3)ccc2C1C(C)(C)C.CC(C)C1CCc2cc(OCc3cscn3)ccc2C1C(C)C.CC(C)C1CCc2cc(OCc3nccs3)ccc2C1C(C)C.CC(C)C1CCc2cc(S)ccc2C1C(C)(C)C. The van der Waals surface area contributed by atoms with E-state index in [0.29, 0.717) is 85.8 Å². The Morgan fingerprint density at radius 2 is 0.674 bits per heavy atom. The molecule has 0 N–H and O–H groups in total. The predicted octanol–water partition coefficient (Wildman–Crippen LogP) is 34.8. The molecule has 17 rings (SSSR count). The molecule has 14 heteroatoms. The fourth-order valence-electron chi connectivity index (χ4n) is 24.7. The molecule has 6 aliphatic rings. The van der Waals surface area contributed by atoms with E-state index >= 15 is 0 Å². The van der Waals surface area contributed by atoms with Gasteiger partial charge in [0.2, 0.25) is 0 Å². The molecule has 0 saturated heterocycles. The maximum Gasteiger partial charge on any atom is 0.140 e. The van der Waals surface area contributed by atoms with Gasteiger partial charge in [0.1, 0.15) is 66.8 Å². The Kier molecular flexibility index (Phi) is 38.8. The lowest BCUT2D eigenvalue weighted by Gasteiger charge is -2.44. The van der Waals surface area contributed by atoms with E-state index in [0.717, 1.165) is 139 Å². The molecule has 746 valence electrons. The average molecular weight is 1940 g/mol. The largest absolute Gasteiger partial charge is 0.489 e. The Hall–Kier alpha value is -8.14. The van der Waals surface area contributed by atoms with E-state index in [2.05, 4.69) is 341 Å². The van der Waals surface area contributed by atoms with Crippen LogP contribution < -0.4 is 23.7 Å². The monoisotopic (exact) mass is 1940 g/mol. The number of thiazole rings is 3. The van der Waals surface area contributed by atoms with Crippen molar-refractivity contribution in [1.29, 1.82) is 0 Å². The lowest BCUT2D eigenvalue weighted by molar-refractivity contribution is 0.169. The minimum Gasteiger partial charge on any atom is -0.489 e. The van der Waals surface area contributed by atoms with Crippen LogP contribution in [-0.2, 0) is 71.6 Å². The first kappa shape index (κ1) is 109. The van der Waals surface area contributed by atoms with Gasteiger partial charge in [-0.2, -0.15) is 0 Å². The highest BCUT2D eigenvalue weighted by molar-refractivity contribution is 7.80. The zero-order chi connectivity index (χ0) is 99.7. The minimum atomic E-state index is 0.280. The molecular weight excluding hydrogens is 1770 g/mol. The van der Waals surface area contributed by atoms with Crippen LogP contribution in [0.1, 0.15) is 361 Å². The summed E-state index contributed by atoms with van der Waals surface area (Å²) in [5.41, 5.74) is 26.4. The summed E-state index contributed by atoms with van der Waals surface area (Å²) in [5.74, 6) is 19.2. The first-order chi connectivity index (χ1) is 65.5. The quantitative estimate of drug-likeness (QED) is 0.0622. The van der Waals surface area contributed by atoms with Crippen molar-refractivity contribution < 1.29 is 23.7 Å². The first-order valence-corrected chi connectivity index (χ1v) is 55.7. The maximum absolute atomic E-state index is 6.03. The lowest BCUT2D eigenvalue weighted by Crippen LogP contribution is -2.33. The van der Waals surface area contributed by atoms with Gasteiger partial charge in [-0.1, -0.05) is 236 Å². The number of thiol groups is 1. The van der Waals surface area contributed by atoms with Crippen LogP contribution in [0.4, 0.5) is 0 Å². The Bertz CT molecular complexity index is 5280. The molecule has 0 saturated carbocycles. The molecule has 0 radical (unpaired) electrons. The molecule has 12 unspecified atom stereocenters. The summed E-state index contributed by atoms with van der Waals surface area (Å²) in [7, 11) is 0. The van der Waals surface area contributed by atoms with Crippen LogP contribution in [0.15, 0.2) is 197 Å². The third-order valence-electron chi connectivity index (χ3n) is 31.0. The number of aromatic nitrogens is 5. The molecule has 5 heterocycles. The summed E-state index contributed by atoms with van der Waals surface area (Å²) in [4.78, 5) is 23.1. The average Bonchev–Trinajstić information content (AvgIpc) is 0.837. The molecule has 0 fully saturated rings. The van der Waals surface area contributed by atoms with Crippen LogP contribution in [0.2, 0.25) is 0 Å². The number of ether oxygens (including phenoxy) is 5. The zero-order valence-electron chi connectivity index (χ0n) is 89.5. The Balaban J connectivity index is 0.000000149. The van der Waals surface area contributed by atoms with Crippen molar-refractivity contribution >= 4 is 46.6 Å². The molecule has 5 aromatic heterocycles. The summed E-state index contributed by atoms with van der Waals surface area (Å²) >= 11 is 9.38. The van der Waals surface area contributed by atoms with E-state index in [9.17, 15) is 0 Å². The number of benzene rings is 6. The topological polar surface area (TPSA) is 111 Å². The Morgan fingerprint density at radius 1 is 0.319 bits per heavy atom. The Morgan fingerprint density at radius 3 is 1.01 bits per heavy atom. The van der Waals surface area contributed by atoms with Crippen molar-refractivity contribution in [3.63, 3.8) is 0 Å². The number of rotatable bonds is 23. The molecule has 0 spiro atoms. The molecule has 0 aliphatic heterocycles. The fraction of sp³-hybridized carbons (Fsp3) is 0.556. The van der Waals surface area contributed by atoms with Gasteiger partial charge in [-0.15, -0.1) is 46.6 Å². The standard InChI is InChI=1S/2C23H31NO.C21H29NOS.2C20H27NOS.C17H26S/c1-16(2)20-8-6-18-14-19(25-15-17-10-12-24-13-11-17)7-9-21(18)22(20)23(3,4)5;1-16(2)20-10-8-18-13-19(25-15-17-7-6-12-24-14-17)9-11-21(18)22(20)23(3,4)5;1-14(2)18-8-6-15-10-16(23-12-17-11-22-13-24-17)7-9-19(15)20(18)21(3,4)5;1-13(2)18-7-5-15-9-17(22-10-16-11-23-12-21-16)6-8-19(15)20(18)14(3)4;1-13(2)17-7-5-15-11-16(22-12-19-21-9-10-23-19)6-8-18(15)20(17)14(3)4;1-11(2)14-8-6-12-10-13(18)7-9-15(12)16(14)17(3,4)5/h7,9-14,16,20,22H,6,8,15H2,1-5H3;6-7,9,11-14,16,20,22H,8,10,15H2,1-5H3;7,9-11,13-14,18,20H,6,8,12H2,1-5H3;6,8-9,11-14,18,20H,5,7,10H2,1-4H3;6,8-11,13-14,17,20H,5,7,12H2,1-4H3;7,9-11,14,16,18H,6,8H2,1-5H3. The van der Waals surface area contributed by atoms with Gasteiger partial charge in [-0.05, 0) is 380 Å². The highest BCUT2D eigenvalue weighted by Crippen LogP contribution is 2.56. The first-order valence-electron chi connectivity index (χ1n) is 52.5. The van der Waals surface area contributed by atoms with Crippen LogP contribution in [-0.4, -0.2) is 24.9 Å². The van der Waals surface area contributed by atoms with Crippen molar-refractivity contribution in [2.75, 3.05) is 0 Å². The van der Waals surface area contributed by atoms with Crippen LogP contribution in [0.25, 0.3) is 0 Å².